The first-order valence-corrected chi connectivity index (χ1v) is 10.4. The molecular formula is C18H29N2O2S+. The second kappa shape index (κ2) is 7.32. The number of benzene rings is 1. The van der Waals surface area contributed by atoms with Gasteiger partial charge in [0.1, 0.15) is 0 Å². The number of rotatable bonds is 3. The number of nitrogens with one attached hydrogen (secondary N) is 1. The van der Waals surface area contributed by atoms with Gasteiger partial charge in [-0.15, -0.1) is 0 Å². The molecule has 1 N–H and O–H groups in total. The SMILES string of the molecule is Cc1ccc(S(=O)(=O)N2CC[NH+](C3CCCCCC3)CC2)cc1. The number of quaternary nitrogens is 1. The van der Waals surface area contributed by atoms with E-state index in [1.54, 1.807) is 21.3 Å². The highest BCUT2D eigenvalue weighted by atomic mass is 32.2. The Kier molecular flexibility index (Phi) is 5.39. The Morgan fingerprint density at radius 1 is 0.957 bits per heavy atom. The first-order chi connectivity index (χ1) is 11.1. The zero-order chi connectivity index (χ0) is 16.3. The van der Waals surface area contributed by atoms with Crippen LogP contribution < -0.4 is 4.90 Å². The van der Waals surface area contributed by atoms with Crippen molar-refractivity contribution in [3.63, 3.8) is 0 Å². The summed E-state index contributed by atoms with van der Waals surface area (Å²) in [5.41, 5.74) is 1.09. The van der Waals surface area contributed by atoms with E-state index in [2.05, 4.69) is 0 Å². The number of hydrogen-bond acceptors (Lipinski definition) is 2. The zero-order valence-corrected chi connectivity index (χ0v) is 14.9. The van der Waals surface area contributed by atoms with E-state index in [-0.39, 0.29) is 0 Å². The van der Waals surface area contributed by atoms with Crippen LogP contribution in [-0.4, -0.2) is 44.9 Å². The van der Waals surface area contributed by atoms with Crippen molar-refractivity contribution in [3.8, 4) is 0 Å². The quantitative estimate of drug-likeness (QED) is 0.852. The van der Waals surface area contributed by atoms with Crippen LogP contribution in [0.4, 0.5) is 0 Å². The molecule has 0 bridgehead atoms. The summed E-state index contributed by atoms with van der Waals surface area (Å²) < 4.78 is 27.2. The Hall–Kier alpha value is -0.910. The molecule has 1 saturated heterocycles. The molecule has 2 aliphatic rings. The minimum atomic E-state index is -3.32. The van der Waals surface area contributed by atoms with Gasteiger partial charge in [0, 0.05) is 0 Å². The van der Waals surface area contributed by atoms with E-state index in [1.807, 2.05) is 19.1 Å². The van der Waals surface area contributed by atoms with Gasteiger partial charge in [0.2, 0.25) is 10.0 Å². The van der Waals surface area contributed by atoms with Gasteiger partial charge in [-0.2, -0.15) is 4.31 Å². The van der Waals surface area contributed by atoms with Crippen LogP contribution in [0.1, 0.15) is 44.1 Å². The van der Waals surface area contributed by atoms with Gasteiger partial charge < -0.3 is 4.90 Å². The molecule has 1 aromatic carbocycles. The van der Waals surface area contributed by atoms with E-state index < -0.39 is 10.0 Å². The third-order valence-corrected chi connectivity index (χ3v) is 7.37. The van der Waals surface area contributed by atoms with Crippen molar-refractivity contribution in [3.05, 3.63) is 29.8 Å². The molecule has 1 aromatic rings. The molecule has 1 saturated carbocycles. The fourth-order valence-corrected chi connectivity index (χ4v) is 5.41. The van der Waals surface area contributed by atoms with Crippen LogP contribution in [0.2, 0.25) is 0 Å². The molecule has 5 heteroatoms. The normalized spacial score (nSPS) is 22.8. The van der Waals surface area contributed by atoms with Crippen molar-refractivity contribution >= 4 is 10.0 Å². The molecule has 1 aliphatic heterocycles. The van der Waals surface area contributed by atoms with Gasteiger partial charge in [-0.1, -0.05) is 30.5 Å². The van der Waals surface area contributed by atoms with Gasteiger partial charge in [-0.05, 0) is 44.7 Å². The highest BCUT2D eigenvalue weighted by Crippen LogP contribution is 2.18. The van der Waals surface area contributed by atoms with Gasteiger partial charge in [0.05, 0.1) is 37.1 Å². The molecule has 0 unspecified atom stereocenters. The van der Waals surface area contributed by atoms with E-state index in [9.17, 15) is 8.42 Å². The van der Waals surface area contributed by atoms with Crippen LogP contribution in [0.15, 0.2) is 29.2 Å². The maximum absolute atomic E-state index is 12.8. The summed E-state index contributed by atoms with van der Waals surface area (Å²) in [4.78, 5) is 2.06. The van der Waals surface area contributed by atoms with Crippen molar-refractivity contribution in [1.82, 2.24) is 4.31 Å². The largest absolute Gasteiger partial charge is 0.330 e. The van der Waals surface area contributed by atoms with Gasteiger partial charge >= 0.3 is 0 Å². The molecule has 0 amide bonds. The molecule has 23 heavy (non-hydrogen) atoms. The highest BCUT2D eigenvalue weighted by molar-refractivity contribution is 7.89. The van der Waals surface area contributed by atoms with Crippen LogP contribution in [0.25, 0.3) is 0 Å². The van der Waals surface area contributed by atoms with Crippen LogP contribution in [0, 0.1) is 6.92 Å². The molecule has 0 aromatic heterocycles. The molecule has 3 rings (SSSR count). The third kappa shape index (κ3) is 3.95. The van der Waals surface area contributed by atoms with Crippen LogP contribution in [0.5, 0.6) is 0 Å². The minimum Gasteiger partial charge on any atom is -0.330 e. The average Bonchev–Trinajstić information content (AvgIpc) is 2.85. The first kappa shape index (κ1) is 16.9. The number of piperazine rings is 1. The van der Waals surface area contributed by atoms with Gasteiger partial charge in [0.15, 0.2) is 0 Å². The van der Waals surface area contributed by atoms with Crippen molar-refractivity contribution in [2.24, 2.45) is 0 Å². The van der Waals surface area contributed by atoms with Crippen molar-refractivity contribution in [1.29, 1.82) is 0 Å². The van der Waals surface area contributed by atoms with E-state index in [4.69, 9.17) is 0 Å². The molecule has 0 atom stereocenters. The Morgan fingerprint density at radius 2 is 1.52 bits per heavy atom. The average molecular weight is 338 g/mol. The van der Waals surface area contributed by atoms with E-state index in [0.717, 1.165) is 24.7 Å². The fourth-order valence-electron chi connectivity index (χ4n) is 3.97. The Morgan fingerprint density at radius 3 is 2.09 bits per heavy atom. The van der Waals surface area contributed by atoms with Crippen molar-refractivity contribution in [2.75, 3.05) is 26.2 Å². The van der Waals surface area contributed by atoms with Gasteiger partial charge in [-0.3, -0.25) is 0 Å². The second-order valence-corrected chi connectivity index (χ2v) is 9.00. The molecule has 2 fully saturated rings. The summed E-state index contributed by atoms with van der Waals surface area (Å²) in [6.07, 6.45) is 8.08. The lowest BCUT2D eigenvalue weighted by molar-refractivity contribution is -0.929. The summed E-state index contributed by atoms with van der Waals surface area (Å²) in [5.74, 6) is 0. The number of sulfonamides is 1. The molecule has 0 radical (unpaired) electrons. The summed E-state index contributed by atoms with van der Waals surface area (Å²) in [5, 5.41) is 0. The zero-order valence-electron chi connectivity index (χ0n) is 14.1. The molecule has 128 valence electrons. The molecule has 1 aliphatic carbocycles. The van der Waals surface area contributed by atoms with Crippen molar-refractivity contribution < 1.29 is 13.3 Å². The first-order valence-electron chi connectivity index (χ1n) is 8.99. The molecule has 4 nitrogen and oxygen atoms in total. The van der Waals surface area contributed by atoms with E-state index in [1.165, 1.54) is 38.5 Å². The fraction of sp³-hybridized carbons (Fsp3) is 0.667. The number of hydrogen-bond donors (Lipinski definition) is 1. The number of nitrogens with zero attached hydrogens (tertiary/aromatic N) is 1. The standard InChI is InChI=1S/C18H28N2O2S/c1-16-8-10-18(11-9-16)23(21,22)20-14-12-19(13-15-20)17-6-4-2-3-5-7-17/h8-11,17H,2-7,12-15H2,1H3/p+1. The maximum Gasteiger partial charge on any atom is 0.243 e. The smallest absolute Gasteiger partial charge is 0.243 e. The molecule has 1 heterocycles. The van der Waals surface area contributed by atoms with E-state index >= 15 is 0 Å². The van der Waals surface area contributed by atoms with Crippen LogP contribution >= 0.6 is 0 Å². The monoisotopic (exact) mass is 337 g/mol. The Labute approximate surface area is 140 Å². The minimum absolute atomic E-state index is 0.431. The second-order valence-electron chi connectivity index (χ2n) is 7.06. The lowest BCUT2D eigenvalue weighted by Crippen LogP contribution is -3.18. The molecule has 0 spiro atoms. The molecular weight excluding hydrogens is 308 g/mol. The summed E-state index contributed by atoms with van der Waals surface area (Å²) in [6, 6.07) is 7.96. The Balaban J connectivity index is 1.62. The lowest BCUT2D eigenvalue weighted by Gasteiger charge is -2.35. The van der Waals surface area contributed by atoms with Crippen LogP contribution in [-0.2, 0) is 10.0 Å². The summed E-state index contributed by atoms with van der Waals surface area (Å²) in [6.45, 7) is 5.20. The lowest BCUT2D eigenvalue weighted by atomic mass is 10.1. The Bertz CT molecular complexity index is 596. The maximum atomic E-state index is 12.8. The highest BCUT2D eigenvalue weighted by Gasteiger charge is 2.33. The van der Waals surface area contributed by atoms with Crippen LogP contribution in [0.3, 0.4) is 0 Å². The summed E-state index contributed by atoms with van der Waals surface area (Å²) in [7, 11) is -3.32. The third-order valence-electron chi connectivity index (χ3n) is 5.46. The topological polar surface area (TPSA) is 41.8 Å². The predicted octanol–water partition coefficient (Wildman–Crippen LogP) is 1.61. The van der Waals surface area contributed by atoms with Gasteiger partial charge in [0.25, 0.3) is 0 Å². The predicted molar refractivity (Wildman–Crippen MR) is 92.1 cm³/mol. The number of aryl methyl sites for hydroxylation is 1. The van der Waals surface area contributed by atoms with Gasteiger partial charge in [-0.25, -0.2) is 8.42 Å². The van der Waals surface area contributed by atoms with E-state index in [0.29, 0.717) is 18.0 Å². The summed E-state index contributed by atoms with van der Waals surface area (Å²) >= 11 is 0. The van der Waals surface area contributed by atoms with Crippen molar-refractivity contribution in [2.45, 2.75) is 56.4 Å².